The summed E-state index contributed by atoms with van der Waals surface area (Å²) >= 11 is 0. The fourth-order valence-corrected chi connectivity index (χ4v) is 5.17. The number of benzene rings is 1. The molecule has 158 valence electrons. The molecule has 3 aliphatic carbocycles. The Kier molecular flexibility index (Phi) is 4.13. The minimum atomic E-state index is -2.81. The van der Waals surface area contributed by atoms with E-state index in [4.69, 9.17) is 5.73 Å². The molecule has 0 radical (unpaired) electrons. The van der Waals surface area contributed by atoms with Crippen molar-refractivity contribution in [2.45, 2.75) is 37.9 Å². The van der Waals surface area contributed by atoms with Crippen LogP contribution in [-0.4, -0.2) is 54.7 Å². The van der Waals surface area contributed by atoms with Gasteiger partial charge < -0.3 is 31.3 Å². The van der Waals surface area contributed by atoms with Crippen molar-refractivity contribution in [3.63, 3.8) is 0 Å². The van der Waals surface area contributed by atoms with E-state index >= 15 is 0 Å². The van der Waals surface area contributed by atoms with Crippen molar-refractivity contribution in [1.82, 2.24) is 0 Å². The molecule has 0 aliphatic heterocycles. The highest BCUT2D eigenvalue weighted by Gasteiger charge is 2.64. The highest BCUT2D eigenvalue weighted by atomic mass is 16.4. The maximum Gasteiger partial charge on any atom is 0.255 e. The van der Waals surface area contributed by atoms with Gasteiger partial charge in [-0.05, 0) is 30.0 Å². The van der Waals surface area contributed by atoms with Gasteiger partial charge >= 0.3 is 0 Å². The largest absolute Gasteiger partial charge is 0.508 e. The summed E-state index contributed by atoms with van der Waals surface area (Å²) in [5.41, 5.74) is 2.21. The Morgan fingerprint density at radius 2 is 1.83 bits per heavy atom. The molecule has 1 saturated carbocycles. The molecule has 1 aromatic rings. The molecule has 3 aliphatic rings. The van der Waals surface area contributed by atoms with Crippen LogP contribution in [0.3, 0.4) is 0 Å². The van der Waals surface area contributed by atoms with Crippen LogP contribution < -0.4 is 5.73 Å². The fraction of sp³-hybridized carbons (Fsp3) is 0.381. The number of ketones is 2. The van der Waals surface area contributed by atoms with E-state index in [-0.39, 0.29) is 16.9 Å². The van der Waals surface area contributed by atoms with E-state index in [0.717, 1.165) is 0 Å². The van der Waals surface area contributed by atoms with E-state index < -0.39 is 70.4 Å². The van der Waals surface area contributed by atoms with Gasteiger partial charge in [-0.3, -0.25) is 14.4 Å². The van der Waals surface area contributed by atoms with Crippen LogP contribution >= 0.6 is 0 Å². The van der Waals surface area contributed by atoms with Gasteiger partial charge in [0.15, 0.2) is 11.4 Å². The number of phenols is 1. The molecular formula is C21H21NO8. The fourth-order valence-electron chi connectivity index (χ4n) is 5.17. The normalized spacial score (nSPS) is 33.2. The third-order valence-corrected chi connectivity index (χ3v) is 6.58. The first-order valence-corrected chi connectivity index (χ1v) is 9.41. The topological polar surface area (TPSA) is 178 Å². The van der Waals surface area contributed by atoms with Gasteiger partial charge in [-0.1, -0.05) is 13.0 Å². The monoisotopic (exact) mass is 415 g/mol. The van der Waals surface area contributed by atoms with E-state index in [1.165, 1.54) is 6.07 Å². The van der Waals surface area contributed by atoms with Gasteiger partial charge in [0.05, 0.1) is 11.7 Å². The highest BCUT2D eigenvalue weighted by molar-refractivity contribution is 6.22. The Hall–Kier alpha value is -3.17. The number of primary amides is 1. The van der Waals surface area contributed by atoms with Gasteiger partial charge in [0.2, 0.25) is 5.78 Å². The van der Waals surface area contributed by atoms with Crippen molar-refractivity contribution in [3.05, 3.63) is 45.7 Å². The van der Waals surface area contributed by atoms with E-state index in [1.54, 1.807) is 19.9 Å². The molecule has 4 unspecified atom stereocenters. The third kappa shape index (κ3) is 2.27. The zero-order chi connectivity index (χ0) is 22.3. The van der Waals surface area contributed by atoms with Crippen LogP contribution in [0.4, 0.5) is 0 Å². The summed E-state index contributed by atoms with van der Waals surface area (Å²) in [5, 5.41) is 54.0. The molecule has 4 rings (SSSR count). The molecule has 0 aromatic heterocycles. The van der Waals surface area contributed by atoms with Crippen molar-refractivity contribution in [3.8, 4) is 5.75 Å². The number of phenolic OH excluding ortho intramolecular Hbond substituents is 1. The lowest BCUT2D eigenvalue weighted by molar-refractivity contribution is -0.160. The lowest BCUT2D eigenvalue weighted by atomic mass is 9.55. The van der Waals surface area contributed by atoms with Gasteiger partial charge in [0, 0.05) is 23.8 Å². The van der Waals surface area contributed by atoms with Crippen LogP contribution in [0.25, 0.3) is 5.76 Å². The quantitative estimate of drug-likeness (QED) is 0.354. The Labute approximate surface area is 170 Å². The second kappa shape index (κ2) is 6.16. The summed E-state index contributed by atoms with van der Waals surface area (Å²) in [4.78, 5) is 37.3. The molecule has 1 amide bonds. The molecule has 9 nitrogen and oxygen atoms in total. The summed E-state index contributed by atoms with van der Waals surface area (Å²) in [5.74, 6) is -8.53. The van der Waals surface area contributed by atoms with Crippen LogP contribution in [-0.2, 0) is 14.4 Å². The number of hydrogen-bond donors (Lipinski definition) is 6. The zero-order valence-electron chi connectivity index (χ0n) is 16.2. The van der Waals surface area contributed by atoms with Crippen molar-refractivity contribution in [2.24, 2.45) is 17.6 Å². The summed E-state index contributed by atoms with van der Waals surface area (Å²) in [7, 11) is 0. The number of rotatable bonds is 1. The lowest BCUT2D eigenvalue weighted by Gasteiger charge is -2.50. The van der Waals surface area contributed by atoms with E-state index in [1.807, 2.05) is 0 Å². The number of amides is 1. The van der Waals surface area contributed by atoms with Gasteiger partial charge in [0.1, 0.15) is 22.8 Å². The second-order valence-corrected chi connectivity index (χ2v) is 8.23. The minimum absolute atomic E-state index is 0.00701. The van der Waals surface area contributed by atoms with Crippen molar-refractivity contribution < 1.29 is 39.9 Å². The Bertz CT molecular complexity index is 1100. The Morgan fingerprint density at radius 3 is 2.43 bits per heavy atom. The smallest absolute Gasteiger partial charge is 0.255 e. The molecule has 1 fully saturated rings. The van der Waals surface area contributed by atoms with Crippen LogP contribution in [0.1, 0.15) is 36.0 Å². The third-order valence-electron chi connectivity index (χ3n) is 6.58. The van der Waals surface area contributed by atoms with Crippen LogP contribution in [0.15, 0.2) is 29.0 Å². The maximum absolute atomic E-state index is 13.4. The van der Waals surface area contributed by atoms with E-state index in [0.29, 0.717) is 11.1 Å². The maximum atomic E-state index is 13.4. The molecule has 7 N–H and O–H groups in total. The highest BCUT2D eigenvalue weighted by Crippen LogP contribution is 2.55. The zero-order valence-corrected chi connectivity index (χ0v) is 16.2. The number of aliphatic hydroxyl groups is 4. The summed E-state index contributed by atoms with van der Waals surface area (Å²) < 4.78 is 0. The number of carbonyl (C=O) groups is 3. The average Bonchev–Trinajstić information content (AvgIpc) is 2.64. The number of aromatic hydroxyl groups is 1. The van der Waals surface area contributed by atoms with E-state index in [2.05, 4.69) is 0 Å². The lowest BCUT2D eigenvalue weighted by Crippen LogP contribution is -2.63. The van der Waals surface area contributed by atoms with Gasteiger partial charge in [-0.15, -0.1) is 0 Å². The number of carbonyl (C=O) groups excluding carboxylic acids is 3. The Morgan fingerprint density at radius 1 is 1.20 bits per heavy atom. The molecule has 5 atom stereocenters. The number of aliphatic hydroxyl groups excluding tert-OH is 3. The molecular weight excluding hydrogens is 394 g/mol. The van der Waals surface area contributed by atoms with Crippen molar-refractivity contribution >= 4 is 23.2 Å². The van der Waals surface area contributed by atoms with Gasteiger partial charge in [-0.25, -0.2) is 0 Å². The second-order valence-electron chi connectivity index (χ2n) is 8.23. The molecule has 0 heterocycles. The van der Waals surface area contributed by atoms with E-state index in [9.17, 15) is 39.9 Å². The number of fused-ring (bicyclic) bond motifs is 3. The van der Waals surface area contributed by atoms with Crippen LogP contribution in [0.2, 0.25) is 0 Å². The standard InChI is InChI=1S/C21H21NO8/c1-6-3-8-7(2)12-15(17(26)13(8)10(23)4-6)19(28)21(30)9(16(12)25)5-11(24)14(18(21)27)20(22)29/h3-4,7,9,12,16,23,25-27,30H,5H2,1-2H3,(H2,22,29)/t7?,9?,12?,16?,21-/m1/s1. The molecule has 0 bridgehead atoms. The Balaban J connectivity index is 2.02. The molecule has 0 saturated heterocycles. The first-order chi connectivity index (χ1) is 13.9. The molecule has 9 heteroatoms. The summed E-state index contributed by atoms with van der Waals surface area (Å²) in [6, 6.07) is 3.10. The number of Topliss-reactive ketones (excluding diaryl/α,β-unsaturated/α-hetero) is 2. The van der Waals surface area contributed by atoms with Crippen LogP contribution in [0, 0.1) is 18.8 Å². The SMILES string of the molecule is Cc1cc(O)c2c(c1)C(C)C1C(=C2O)C(=O)[C@]2(O)C(O)=C(C(N)=O)C(=O)CC2C1O. The van der Waals surface area contributed by atoms with Crippen molar-refractivity contribution in [1.29, 1.82) is 0 Å². The summed E-state index contributed by atoms with van der Waals surface area (Å²) in [6.07, 6.45) is -2.11. The number of nitrogens with two attached hydrogens (primary N) is 1. The predicted molar refractivity (Wildman–Crippen MR) is 102 cm³/mol. The van der Waals surface area contributed by atoms with Gasteiger partial charge in [-0.2, -0.15) is 0 Å². The first-order valence-electron chi connectivity index (χ1n) is 9.41. The molecule has 30 heavy (non-hydrogen) atoms. The number of aryl methyl sites for hydroxylation is 1. The predicted octanol–water partition coefficient (Wildman–Crippen LogP) is 0.264. The van der Waals surface area contributed by atoms with Crippen molar-refractivity contribution in [2.75, 3.05) is 0 Å². The minimum Gasteiger partial charge on any atom is -0.508 e. The number of hydrogen-bond acceptors (Lipinski definition) is 8. The van der Waals surface area contributed by atoms with Gasteiger partial charge in [0.25, 0.3) is 5.91 Å². The molecule has 1 aromatic carbocycles. The first kappa shape index (κ1) is 20.1. The average molecular weight is 415 g/mol. The summed E-state index contributed by atoms with van der Waals surface area (Å²) in [6.45, 7) is 3.42. The van der Waals surface area contributed by atoms with Crippen LogP contribution in [0.5, 0.6) is 5.75 Å². The molecule has 0 spiro atoms.